The Morgan fingerprint density at radius 1 is 1.31 bits per heavy atom. The smallest absolute Gasteiger partial charge is 0.417 e. The van der Waals surface area contributed by atoms with Crippen LogP contribution in [-0.2, 0) is 24.3 Å². The zero-order valence-corrected chi connectivity index (χ0v) is 14.5. The van der Waals surface area contributed by atoms with Crippen molar-refractivity contribution in [2.45, 2.75) is 23.5 Å². The van der Waals surface area contributed by atoms with Gasteiger partial charge in [0.15, 0.2) is 0 Å². The fourth-order valence-corrected chi connectivity index (χ4v) is 3.95. The van der Waals surface area contributed by atoms with Gasteiger partial charge in [-0.3, -0.25) is 9.59 Å². The van der Waals surface area contributed by atoms with Crippen molar-refractivity contribution in [2.75, 3.05) is 7.11 Å². The molecule has 1 aromatic rings. The average molecular weight is 392 g/mol. The van der Waals surface area contributed by atoms with Crippen LogP contribution in [-0.4, -0.2) is 39.1 Å². The molecule has 1 heterocycles. The summed E-state index contributed by atoms with van der Waals surface area (Å²) in [5.74, 6) is -5.54. The number of aryl methyl sites for hydroxylation is 1. The Morgan fingerprint density at radius 2 is 1.85 bits per heavy atom. The highest BCUT2D eigenvalue weighted by atomic mass is 32.2. The molecule has 2 atom stereocenters. The lowest BCUT2D eigenvalue weighted by molar-refractivity contribution is -0.204. The van der Waals surface area contributed by atoms with E-state index in [4.69, 9.17) is 0 Å². The number of benzene rings is 1. The third kappa shape index (κ3) is 3.07. The summed E-state index contributed by atoms with van der Waals surface area (Å²) in [4.78, 5) is 23.5. The fourth-order valence-electron chi connectivity index (χ4n) is 2.59. The van der Waals surface area contributed by atoms with Crippen LogP contribution in [0.5, 0.6) is 0 Å². The lowest BCUT2D eigenvalue weighted by Crippen LogP contribution is -2.67. The lowest BCUT2D eigenvalue weighted by atomic mass is 9.85. The van der Waals surface area contributed by atoms with Crippen LogP contribution in [0.25, 0.3) is 0 Å². The van der Waals surface area contributed by atoms with Crippen molar-refractivity contribution >= 4 is 21.9 Å². The van der Waals surface area contributed by atoms with Crippen LogP contribution in [0.4, 0.5) is 13.2 Å². The van der Waals surface area contributed by atoms with E-state index in [-0.39, 0.29) is 0 Å². The van der Waals surface area contributed by atoms with E-state index in [9.17, 15) is 31.2 Å². The number of alkyl halides is 3. The van der Waals surface area contributed by atoms with Gasteiger partial charge in [0.2, 0.25) is 15.6 Å². The number of nitrogens with one attached hydrogen (secondary N) is 2. The van der Waals surface area contributed by atoms with Crippen molar-refractivity contribution < 1.29 is 35.9 Å². The van der Waals surface area contributed by atoms with Gasteiger partial charge in [0, 0.05) is 5.70 Å². The van der Waals surface area contributed by atoms with E-state index in [2.05, 4.69) is 11.3 Å². The van der Waals surface area contributed by atoms with Crippen LogP contribution >= 0.6 is 0 Å². The van der Waals surface area contributed by atoms with Crippen LogP contribution in [0, 0.1) is 12.8 Å². The largest absolute Gasteiger partial charge is 0.468 e. The van der Waals surface area contributed by atoms with Gasteiger partial charge >= 0.3 is 12.1 Å². The highest BCUT2D eigenvalue weighted by Crippen LogP contribution is 2.44. The lowest BCUT2D eigenvalue weighted by Gasteiger charge is -2.33. The molecule has 142 valence electrons. The molecule has 26 heavy (non-hydrogen) atoms. The van der Waals surface area contributed by atoms with E-state index >= 15 is 0 Å². The number of carbonyl (C=O) groups is 2. The summed E-state index contributed by atoms with van der Waals surface area (Å²) in [6.07, 6.45) is -5.45. The first kappa shape index (κ1) is 19.9. The van der Waals surface area contributed by atoms with Gasteiger partial charge in [-0.2, -0.15) is 17.9 Å². The molecule has 1 aromatic carbocycles. The van der Waals surface area contributed by atoms with E-state index in [1.807, 2.05) is 0 Å². The SMILES string of the molecule is C=C1NC(=O)[C@@](NS(=O)(=O)c2ccc(C)cc2)(C(F)(F)F)[C@H]1C(=O)OC. The molecule has 1 fully saturated rings. The molecule has 0 saturated carbocycles. The third-order valence-electron chi connectivity index (χ3n) is 3.92. The van der Waals surface area contributed by atoms with Gasteiger partial charge in [-0.05, 0) is 19.1 Å². The minimum Gasteiger partial charge on any atom is -0.468 e. The zero-order chi connectivity index (χ0) is 19.9. The molecule has 7 nitrogen and oxygen atoms in total. The molecule has 2 rings (SSSR count). The molecule has 0 bridgehead atoms. The van der Waals surface area contributed by atoms with Gasteiger partial charge in [-0.15, -0.1) is 0 Å². The molecule has 0 radical (unpaired) electrons. The molecule has 1 amide bonds. The quantitative estimate of drug-likeness (QED) is 0.745. The molecule has 1 saturated heterocycles. The highest BCUT2D eigenvalue weighted by molar-refractivity contribution is 7.89. The third-order valence-corrected chi connectivity index (χ3v) is 5.41. The Balaban J connectivity index is 2.64. The summed E-state index contributed by atoms with van der Waals surface area (Å²) in [7, 11) is -4.00. The van der Waals surface area contributed by atoms with E-state index in [1.165, 1.54) is 16.9 Å². The van der Waals surface area contributed by atoms with E-state index in [0.29, 0.717) is 5.56 Å². The number of esters is 1. The van der Waals surface area contributed by atoms with Gasteiger partial charge in [0.25, 0.3) is 5.91 Å². The van der Waals surface area contributed by atoms with Gasteiger partial charge in [-0.1, -0.05) is 24.3 Å². The number of rotatable bonds is 4. The fraction of sp³-hybridized carbons (Fsp3) is 0.333. The number of hydrogen-bond acceptors (Lipinski definition) is 5. The Morgan fingerprint density at radius 3 is 2.31 bits per heavy atom. The van der Waals surface area contributed by atoms with Gasteiger partial charge < -0.3 is 10.1 Å². The second-order valence-corrected chi connectivity index (χ2v) is 7.34. The summed E-state index contributed by atoms with van der Waals surface area (Å²) in [5, 5.41) is 1.78. The molecule has 0 unspecified atom stereocenters. The zero-order valence-electron chi connectivity index (χ0n) is 13.7. The summed E-state index contributed by atoms with van der Waals surface area (Å²) in [5.41, 5.74) is -3.72. The Labute approximate surface area is 147 Å². The predicted molar refractivity (Wildman–Crippen MR) is 83.1 cm³/mol. The van der Waals surface area contributed by atoms with E-state index in [0.717, 1.165) is 19.2 Å². The molecule has 0 aliphatic carbocycles. The summed E-state index contributed by atoms with van der Waals surface area (Å²) >= 11 is 0. The van der Waals surface area contributed by atoms with E-state index in [1.54, 1.807) is 12.2 Å². The van der Waals surface area contributed by atoms with Gasteiger partial charge in [0.1, 0.15) is 5.92 Å². The maximum absolute atomic E-state index is 13.9. The van der Waals surface area contributed by atoms with Gasteiger partial charge in [-0.25, -0.2) is 8.42 Å². The number of methoxy groups -OCH3 is 1. The highest BCUT2D eigenvalue weighted by Gasteiger charge is 2.72. The molecule has 1 aliphatic rings. The number of hydrogen-bond donors (Lipinski definition) is 2. The minimum atomic E-state index is -5.45. The second-order valence-electron chi connectivity index (χ2n) is 5.66. The monoisotopic (exact) mass is 392 g/mol. The van der Waals surface area contributed by atoms with Gasteiger partial charge in [0.05, 0.1) is 12.0 Å². The van der Waals surface area contributed by atoms with Crippen molar-refractivity contribution in [1.29, 1.82) is 0 Å². The van der Waals surface area contributed by atoms with Crippen molar-refractivity contribution in [3.8, 4) is 0 Å². The minimum absolute atomic E-state index is 0.499. The Bertz CT molecular complexity index is 864. The summed E-state index contributed by atoms with van der Waals surface area (Å²) < 4.78 is 72.2. The molecule has 0 spiro atoms. The molecule has 0 aromatic heterocycles. The first-order chi connectivity index (χ1) is 11.9. The van der Waals surface area contributed by atoms with Crippen LogP contribution in [0.2, 0.25) is 0 Å². The molecule has 1 aliphatic heterocycles. The molecule has 2 N–H and O–H groups in total. The Kier molecular flexibility index (Phi) is 4.90. The maximum Gasteiger partial charge on any atom is 0.417 e. The molecule has 11 heteroatoms. The summed E-state index contributed by atoms with van der Waals surface area (Å²) in [6.45, 7) is 4.87. The first-order valence-electron chi connectivity index (χ1n) is 7.12. The van der Waals surface area contributed by atoms with Crippen LogP contribution in [0.1, 0.15) is 5.56 Å². The Hall–Kier alpha value is -2.40. The van der Waals surface area contributed by atoms with Crippen LogP contribution < -0.4 is 10.0 Å². The van der Waals surface area contributed by atoms with Crippen molar-refractivity contribution in [1.82, 2.24) is 10.0 Å². The number of carbonyl (C=O) groups excluding carboxylic acids is 2. The topological polar surface area (TPSA) is 102 Å². The predicted octanol–water partition coefficient (Wildman–Crippen LogP) is 1.01. The standard InChI is InChI=1S/C15H15F3N2O5S/c1-8-4-6-10(7-5-8)26(23,24)20-14(15(16,17)18)11(12(21)25-3)9(2)19-13(14)22/h4-7,11,20H,2H2,1,3H3,(H,19,22)/t11-,14-/m1/s1. The maximum atomic E-state index is 13.9. The molecular weight excluding hydrogens is 377 g/mol. The van der Waals surface area contributed by atoms with Crippen molar-refractivity contribution in [2.24, 2.45) is 5.92 Å². The number of ether oxygens (including phenoxy) is 1. The van der Waals surface area contributed by atoms with Crippen molar-refractivity contribution in [3.05, 3.63) is 42.1 Å². The number of sulfonamides is 1. The molecular formula is C15H15F3N2O5S. The van der Waals surface area contributed by atoms with E-state index < -0.39 is 50.1 Å². The van der Waals surface area contributed by atoms with Crippen LogP contribution in [0.3, 0.4) is 0 Å². The summed E-state index contributed by atoms with van der Waals surface area (Å²) in [6, 6.07) is 4.91. The average Bonchev–Trinajstić information content (AvgIpc) is 2.77. The van der Waals surface area contributed by atoms with Crippen LogP contribution in [0.15, 0.2) is 41.4 Å². The normalized spacial score (nSPS) is 23.7. The first-order valence-corrected chi connectivity index (χ1v) is 8.60. The second kappa shape index (κ2) is 6.40. The number of amides is 1. The number of halogens is 3. The van der Waals surface area contributed by atoms with Crippen molar-refractivity contribution in [3.63, 3.8) is 0 Å².